The first-order valence-corrected chi connectivity index (χ1v) is 10.4. The van der Waals surface area contributed by atoms with E-state index in [9.17, 15) is 9.59 Å². The molecule has 0 aliphatic carbocycles. The van der Waals surface area contributed by atoms with E-state index in [4.69, 9.17) is 4.74 Å². The van der Waals surface area contributed by atoms with Gasteiger partial charge >= 0.3 is 5.97 Å². The number of amides is 1. The fourth-order valence-corrected chi connectivity index (χ4v) is 3.70. The Morgan fingerprint density at radius 2 is 1.97 bits per heavy atom. The van der Waals surface area contributed by atoms with Crippen molar-refractivity contribution in [2.75, 3.05) is 11.9 Å². The number of carbonyl (C=O) groups excluding carboxylic acids is 2. The first-order valence-electron chi connectivity index (χ1n) is 9.56. The summed E-state index contributed by atoms with van der Waals surface area (Å²) >= 11 is 1.35. The van der Waals surface area contributed by atoms with Crippen molar-refractivity contribution in [2.24, 2.45) is 0 Å². The molecule has 0 spiro atoms. The molecule has 0 bridgehead atoms. The molecular formula is C22H19N5O3S. The molecule has 9 heteroatoms. The molecule has 4 rings (SSSR count). The van der Waals surface area contributed by atoms with E-state index < -0.39 is 5.97 Å². The van der Waals surface area contributed by atoms with E-state index >= 15 is 0 Å². The van der Waals surface area contributed by atoms with Crippen LogP contribution in [0.5, 0.6) is 0 Å². The largest absolute Gasteiger partial charge is 0.462 e. The lowest BCUT2D eigenvalue weighted by Crippen LogP contribution is -2.12. The Kier molecular flexibility index (Phi) is 5.85. The molecule has 0 saturated carbocycles. The van der Waals surface area contributed by atoms with Gasteiger partial charge in [0.25, 0.3) is 5.91 Å². The standard InChI is InChI=1S/C22H19N5O3S/c1-3-30-21(29)18-12-24-27(14(18)2)17-8-6-15(7-9-17)20(28)26-22-25-19(13-31-22)16-5-4-10-23-11-16/h4-13H,3H2,1-2H3,(H,25,26,28). The van der Waals surface area contributed by atoms with Crippen molar-refractivity contribution in [1.82, 2.24) is 19.7 Å². The van der Waals surface area contributed by atoms with Gasteiger partial charge < -0.3 is 4.74 Å². The van der Waals surface area contributed by atoms with Gasteiger partial charge in [0.2, 0.25) is 0 Å². The van der Waals surface area contributed by atoms with Crippen molar-refractivity contribution >= 4 is 28.3 Å². The summed E-state index contributed by atoms with van der Waals surface area (Å²) in [6, 6.07) is 10.7. The number of thiazole rings is 1. The zero-order valence-electron chi connectivity index (χ0n) is 16.9. The molecule has 0 fully saturated rings. The third kappa shape index (κ3) is 4.36. The van der Waals surface area contributed by atoms with Crippen molar-refractivity contribution in [3.8, 4) is 16.9 Å². The average molecular weight is 433 g/mol. The Labute approximate surface area is 182 Å². The minimum absolute atomic E-state index is 0.261. The van der Waals surface area contributed by atoms with Crippen molar-refractivity contribution < 1.29 is 14.3 Å². The van der Waals surface area contributed by atoms with Gasteiger partial charge in [0.15, 0.2) is 5.13 Å². The summed E-state index contributed by atoms with van der Waals surface area (Å²) in [5.41, 5.74) is 3.95. The number of esters is 1. The summed E-state index contributed by atoms with van der Waals surface area (Å²) in [5, 5.41) is 9.46. The number of benzene rings is 1. The topological polar surface area (TPSA) is 99.0 Å². The SMILES string of the molecule is CCOC(=O)c1cnn(-c2ccc(C(=O)Nc3nc(-c4cccnc4)cs3)cc2)c1C. The number of rotatable bonds is 6. The molecule has 31 heavy (non-hydrogen) atoms. The molecule has 0 radical (unpaired) electrons. The van der Waals surface area contributed by atoms with Gasteiger partial charge in [-0.2, -0.15) is 5.10 Å². The van der Waals surface area contributed by atoms with Crippen LogP contribution in [0, 0.1) is 6.92 Å². The van der Waals surface area contributed by atoms with E-state index in [-0.39, 0.29) is 5.91 Å². The van der Waals surface area contributed by atoms with Crippen LogP contribution in [-0.2, 0) is 4.74 Å². The van der Waals surface area contributed by atoms with Gasteiger partial charge in [-0.3, -0.25) is 15.1 Å². The van der Waals surface area contributed by atoms with E-state index in [1.54, 1.807) is 55.2 Å². The maximum atomic E-state index is 12.6. The van der Waals surface area contributed by atoms with Crippen LogP contribution in [0.3, 0.4) is 0 Å². The third-order valence-electron chi connectivity index (χ3n) is 4.56. The molecule has 156 valence electrons. The number of carbonyl (C=O) groups is 2. The lowest BCUT2D eigenvalue weighted by molar-refractivity contribution is 0.0525. The smallest absolute Gasteiger partial charge is 0.341 e. The minimum atomic E-state index is -0.406. The van der Waals surface area contributed by atoms with E-state index in [2.05, 4.69) is 20.4 Å². The Hall–Kier alpha value is -3.85. The quantitative estimate of drug-likeness (QED) is 0.459. The first-order chi connectivity index (χ1) is 15.1. The van der Waals surface area contributed by atoms with E-state index in [1.165, 1.54) is 17.5 Å². The highest BCUT2D eigenvalue weighted by molar-refractivity contribution is 7.14. The Balaban J connectivity index is 1.47. The highest BCUT2D eigenvalue weighted by Crippen LogP contribution is 2.24. The zero-order chi connectivity index (χ0) is 21.8. The summed E-state index contributed by atoms with van der Waals surface area (Å²) in [6.45, 7) is 3.85. The van der Waals surface area contributed by atoms with Crippen molar-refractivity contribution in [3.63, 3.8) is 0 Å². The molecule has 1 N–H and O–H groups in total. The van der Waals surface area contributed by atoms with Gasteiger partial charge in [-0.15, -0.1) is 11.3 Å². The molecule has 0 aliphatic heterocycles. The lowest BCUT2D eigenvalue weighted by atomic mass is 10.2. The fraction of sp³-hybridized carbons (Fsp3) is 0.136. The minimum Gasteiger partial charge on any atom is -0.462 e. The van der Waals surface area contributed by atoms with Crippen molar-refractivity contribution in [1.29, 1.82) is 0 Å². The molecule has 3 heterocycles. The molecule has 0 saturated heterocycles. The van der Waals surface area contributed by atoms with Gasteiger partial charge in [-0.1, -0.05) is 0 Å². The van der Waals surface area contributed by atoms with Crippen LogP contribution >= 0.6 is 11.3 Å². The number of anilines is 1. The second kappa shape index (κ2) is 8.88. The molecule has 1 amide bonds. The van der Waals surface area contributed by atoms with Gasteiger partial charge in [0, 0.05) is 28.9 Å². The lowest BCUT2D eigenvalue weighted by Gasteiger charge is -2.07. The molecule has 8 nitrogen and oxygen atoms in total. The van der Waals surface area contributed by atoms with Gasteiger partial charge in [-0.05, 0) is 50.2 Å². The zero-order valence-corrected chi connectivity index (χ0v) is 17.7. The molecule has 1 aromatic carbocycles. The average Bonchev–Trinajstić information content (AvgIpc) is 3.41. The first kappa shape index (κ1) is 20.4. The highest BCUT2D eigenvalue weighted by atomic mass is 32.1. The maximum absolute atomic E-state index is 12.6. The molecule has 0 atom stereocenters. The summed E-state index contributed by atoms with van der Waals surface area (Å²) in [4.78, 5) is 33.1. The molecule has 3 aromatic heterocycles. The normalized spacial score (nSPS) is 10.6. The van der Waals surface area contributed by atoms with Crippen LogP contribution < -0.4 is 5.32 Å². The van der Waals surface area contributed by atoms with Crippen LogP contribution in [-0.4, -0.2) is 38.2 Å². The summed E-state index contributed by atoms with van der Waals surface area (Å²) in [7, 11) is 0. The number of aromatic nitrogens is 4. The van der Waals surface area contributed by atoms with Crippen molar-refractivity contribution in [3.05, 3.63) is 77.2 Å². The predicted molar refractivity (Wildman–Crippen MR) is 118 cm³/mol. The molecule has 0 aliphatic rings. The number of hydrogen-bond donors (Lipinski definition) is 1. The third-order valence-corrected chi connectivity index (χ3v) is 5.32. The van der Waals surface area contributed by atoms with Gasteiger partial charge in [0.1, 0.15) is 5.56 Å². The number of nitrogens with one attached hydrogen (secondary N) is 1. The second-order valence-corrected chi connectivity index (χ2v) is 7.41. The van der Waals surface area contributed by atoms with Gasteiger partial charge in [0.05, 0.1) is 29.9 Å². The second-order valence-electron chi connectivity index (χ2n) is 6.56. The predicted octanol–water partition coefficient (Wildman–Crippen LogP) is 4.13. The number of nitrogens with zero attached hydrogens (tertiary/aromatic N) is 4. The van der Waals surface area contributed by atoms with E-state index in [0.29, 0.717) is 28.6 Å². The number of ether oxygens (including phenoxy) is 1. The van der Waals surface area contributed by atoms with Crippen LogP contribution in [0.2, 0.25) is 0 Å². The molecular weight excluding hydrogens is 414 g/mol. The molecule has 0 unspecified atom stereocenters. The number of hydrogen-bond acceptors (Lipinski definition) is 7. The Morgan fingerprint density at radius 1 is 1.16 bits per heavy atom. The van der Waals surface area contributed by atoms with E-state index in [0.717, 1.165) is 16.9 Å². The Morgan fingerprint density at radius 3 is 2.68 bits per heavy atom. The highest BCUT2D eigenvalue weighted by Gasteiger charge is 2.16. The van der Waals surface area contributed by atoms with Gasteiger partial charge in [-0.25, -0.2) is 14.5 Å². The van der Waals surface area contributed by atoms with Crippen molar-refractivity contribution in [2.45, 2.75) is 13.8 Å². The summed E-state index contributed by atoms with van der Waals surface area (Å²) in [6.07, 6.45) is 4.91. The molecule has 4 aromatic rings. The number of pyridine rings is 1. The van der Waals surface area contributed by atoms with Crippen LogP contribution in [0.1, 0.15) is 33.3 Å². The maximum Gasteiger partial charge on any atom is 0.341 e. The Bertz CT molecular complexity index is 1220. The fourth-order valence-electron chi connectivity index (χ4n) is 2.98. The van der Waals surface area contributed by atoms with E-state index in [1.807, 2.05) is 17.5 Å². The van der Waals surface area contributed by atoms with Crippen LogP contribution in [0.15, 0.2) is 60.4 Å². The summed E-state index contributed by atoms with van der Waals surface area (Å²) < 4.78 is 6.68. The summed E-state index contributed by atoms with van der Waals surface area (Å²) in [5.74, 6) is -0.667. The van der Waals surface area contributed by atoms with Crippen LogP contribution in [0.25, 0.3) is 16.9 Å². The van der Waals surface area contributed by atoms with Crippen LogP contribution in [0.4, 0.5) is 5.13 Å². The monoisotopic (exact) mass is 433 g/mol.